The van der Waals surface area contributed by atoms with Crippen molar-refractivity contribution < 1.29 is 14.3 Å². The molecule has 1 unspecified atom stereocenters. The lowest BCUT2D eigenvalue weighted by atomic mass is 9.96. The summed E-state index contributed by atoms with van der Waals surface area (Å²) in [7, 11) is 1.31. The summed E-state index contributed by atoms with van der Waals surface area (Å²) in [5.74, 6) is -0.0529. The van der Waals surface area contributed by atoms with Gasteiger partial charge in [-0.15, -0.1) is 0 Å². The van der Waals surface area contributed by atoms with E-state index in [1.54, 1.807) is 6.92 Å². The fraction of sp³-hybridized carbons (Fsp3) is 0.500. The molecule has 0 spiro atoms. The SMILES string of the molecule is COC(=O)C(C)NC(=O)c1ccc(C2CCCC2)cc1. The molecule has 2 rings (SSSR count). The Morgan fingerprint density at radius 3 is 2.35 bits per heavy atom. The quantitative estimate of drug-likeness (QED) is 0.859. The van der Waals surface area contributed by atoms with Gasteiger partial charge in [0.05, 0.1) is 7.11 Å². The predicted octanol–water partition coefficient (Wildman–Crippen LogP) is 2.64. The van der Waals surface area contributed by atoms with Crippen LogP contribution in [0.5, 0.6) is 0 Å². The van der Waals surface area contributed by atoms with Gasteiger partial charge in [-0.25, -0.2) is 4.79 Å². The first-order valence-corrected chi connectivity index (χ1v) is 7.10. The lowest BCUT2D eigenvalue weighted by molar-refractivity contribution is -0.142. The van der Waals surface area contributed by atoms with Gasteiger partial charge in [-0.1, -0.05) is 25.0 Å². The number of methoxy groups -OCH3 is 1. The number of benzene rings is 1. The van der Waals surface area contributed by atoms with E-state index in [-0.39, 0.29) is 5.91 Å². The second-order valence-electron chi connectivity index (χ2n) is 5.32. The van der Waals surface area contributed by atoms with Crippen LogP contribution in [0.3, 0.4) is 0 Å². The Balaban J connectivity index is 1.98. The molecule has 1 saturated carbocycles. The van der Waals surface area contributed by atoms with Crippen molar-refractivity contribution in [1.82, 2.24) is 5.32 Å². The minimum atomic E-state index is -0.637. The Kier molecular flexibility index (Phi) is 4.77. The van der Waals surface area contributed by atoms with Crippen LogP contribution in [0.4, 0.5) is 0 Å². The second-order valence-corrected chi connectivity index (χ2v) is 5.32. The Morgan fingerprint density at radius 2 is 1.80 bits per heavy atom. The van der Waals surface area contributed by atoms with E-state index in [2.05, 4.69) is 10.1 Å². The van der Waals surface area contributed by atoms with Crippen LogP contribution in [-0.4, -0.2) is 25.0 Å². The lowest BCUT2D eigenvalue weighted by Gasteiger charge is -2.13. The van der Waals surface area contributed by atoms with Gasteiger partial charge in [-0.3, -0.25) is 4.79 Å². The molecule has 4 nitrogen and oxygen atoms in total. The topological polar surface area (TPSA) is 55.4 Å². The molecule has 0 aliphatic heterocycles. The molecule has 20 heavy (non-hydrogen) atoms. The molecule has 0 saturated heterocycles. The maximum atomic E-state index is 12.0. The molecule has 1 fully saturated rings. The molecule has 0 heterocycles. The minimum absolute atomic E-state index is 0.249. The van der Waals surface area contributed by atoms with Crippen molar-refractivity contribution in [1.29, 1.82) is 0 Å². The second kappa shape index (κ2) is 6.55. The van der Waals surface area contributed by atoms with Gasteiger partial charge in [0, 0.05) is 5.56 Å². The van der Waals surface area contributed by atoms with Crippen molar-refractivity contribution in [3.63, 3.8) is 0 Å². The molecule has 0 aromatic heterocycles. The number of carbonyl (C=O) groups is 2. The third-order valence-electron chi connectivity index (χ3n) is 3.90. The number of carbonyl (C=O) groups excluding carboxylic acids is 2. The van der Waals surface area contributed by atoms with Gasteiger partial charge in [0.25, 0.3) is 5.91 Å². The maximum Gasteiger partial charge on any atom is 0.328 e. The van der Waals surface area contributed by atoms with Crippen LogP contribution in [-0.2, 0) is 9.53 Å². The number of amides is 1. The molecule has 1 N–H and O–H groups in total. The van der Waals surface area contributed by atoms with Crippen molar-refractivity contribution >= 4 is 11.9 Å². The van der Waals surface area contributed by atoms with Gasteiger partial charge in [0.1, 0.15) is 6.04 Å². The van der Waals surface area contributed by atoms with Crippen molar-refractivity contribution in [3.8, 4) is 0 Å². The van der Waals surface area contributed by atoms with Crippen LogP contribution in [0.25, 0.3) is 0 Å². The van der Waals surface area contributed by atoms with Crippen LogP contribution >= 0.6 is 0 Å². The Morgan fingerprint density at radius 1 is 1.20 bits per heavy atom. The van der Waals surface area contributed by atoms with Gasteiger partial charge < -0.3 is 10.1 Å². The molecule has 1 atom stereocenters. The Bertz CT molecular complexity index is 475. The highest BCUT2D eigenvalue weighted by atomic mass is 16.5. The zero-order valence-electron chi connectivity index (χ0n) is 12.0. The fourth-order valence-electron chi connectivity index (χ4n) is 2.68. The average Bonchev–Trinajstić information content (AvgIpc) is 3.00. The summed E-state index contributed by atoms with van der Waals surface area (Å²) in [6.07, 6.45) is 5.07. The van der Waals surface area contributed by atoms with Crippen molar-refractivity contribution in [2.75, 3.05) is 7.11 Å². The first-order valence-electron chi connectivity index (χ1n) is 7.10. The van der Waals surface area contributed by atoms with Crippen LogP contribution in [0.1, 0.15) is 54.4 Å². The van der Waals surface area contributed by atoms with Crippen molar-refractivity contribution in [2.24, 2.45) is 0 Å². The van der Waals surface area contributed by atoms with E-state index in [9.17, 15) is 9.59 Å². The first-order chi connectivity index (χ1) is 9.61. The molecule has 0 bridgehead atoms. The zero-order valence-corrected chi connectivity index (χ0v) is 12.0. The van der Waals surface area contributed by atoms with Crippen molar-refractivity contribution in [3.05, 3.63) is 35.4 Å². The van der Waals surface area contributed by atoms with Gasteiger partial charge in [0.15, 0.2) is 0 Å². The molecule has 108 valence electrons. The molecule has 1 amide bonds. The smallest absolute Gasteiger partial charge is 0.328 e. The number of esters is 1. The highest BCUT2D eigenvalue weighted by molar-refractivity contribution is 5.96. The molecule has 4 heteroatoms. The zero-order chi connectivity index (χ0) is 14.5. The molecule has 1 aliphatic rings. The van der Waals surface area contributed by atoms with E-state index in [1.165, 1.54) is 38.4 Å². The van der Waals surface area contributed by atoms with Gasteiger partial charge in [0.2, 0.25) is 0 Å². The Labute approximate surface area is 119 Å². The van der Waals surface area contributed by atoms with Gasteiger partial charge in [-0.05, 0) is 43.4 Å². The normalized spacial score (nSPS) is 16.7. The highest BCUT2D eigenvalue weighted by Gasteiger charge is 2.19. The summed E-state index contributed by atoms with van der Waals surface area (Å²) >= 11 is 0. The van der Waals surface area contributed by atoms with Crippen LogP contribution in [0.2, 0.25) is 0 Å². The third kappa shape index (κ3) is 3.38. The van der Waals surface area contributed by atoms with E-state index >= 15 is 0 Å². The summed E-state index contributed by atoms with van der Waals surface area (Å²) in [6, 6.07) is 7.06. The fourth-order valence-corrected chi connectivity index (χ4v) is 2.68. The minimum Gasteiger partial charge on any atom is -0.467 e. The van der Waals surface area contributed by atoms with E-state index in [0.717, 1.165) is 0 Å². The predicted molar refractivity (Wildman–Crippen MR) is 76.6 cm³/mol. The lowest BCUT2D eigenvalue weighted by Crippen LogP contribution is -2.39. The van der Waals surface area contributed by atoms with Crippen LogP contribution in [0, 0.1) is 0 Å². The summed E-state index contributed by atoms with van der Waals surface area (Å²) in [6.45, 7) is 1.61. The van der Waals surface area contributed by atoms with Gasteiger partial charge in [-0.2, -0.15) is 0 Å². The molecule has 1 aromatic rings. The maximum absolute atomic E-state index is 12.0. The molecule has 1 aromatic carbocycles. The number of ether oxygens (including phenoxy) is 1. The largest absolute Gasteiger partial charge is 0.467 e. The third-order valence-corrected chi connectivity index (χ3v) is 3.90. The van der Waals surface area contributed by atoms with Crippen LogP contribution < -0.4 is 5.32 Å². The van der Waals surface area contributed by atoms with E-state index in [1.807, 2.05) is 24.3 Å². The number of hydrogen-bond donors (Lipinski definition) is 1. The number of rotatable bonds is 4. The summed E-state index contributed by atoms with van der Waals surface area (Å²) in [5.41, 5.74) is 1.88. The average molecular weight is 275 g/mol. The first kappa shape index (κ1) is 14.6. The van der Waals surface area contributed by atoms with E-state index in [4.69, 9.17) is 0 Å². The number of nitrogens with one attached hydrogen (secondary N) is 1. The standard InChI is InChI=1S/C16H21NO3/c1-11(16(19)20-2)17-15(18)14-9-7-13(8-10-14)12-5-3-4-6-12/h7-12H,3-6H2,1-2H3,(H,17,18). The molecular weight excluding hydrogens is 254 g/mol. The molecule has 1 aliphatic carbocycles. The number of hydrogen-bond acceptors (Lipinski definition) is 3. The Hall–Kier alpha value is -1.84. The summed E-state index contributed by atoms with van der Waals surface area (Å²) in [4.78, 5) is 23.3. The van der Waals surface area contributed by atoms with E-state index < -0.39 is 12.0 Å². The molecule has 0 radical (unpaired) electrons. The van der Waals surface area contributed by atoms with Crippen molar-refractivity contribution in [2.45, 2.75) is 44.6 Å². The summed E-state index contributed by atoms with van der Waals surface area (Å²) < 4.78 is 4.58. The highest BCUT2D eigenvalue weighted by Crippen LogP contribution is 2.33. The molecular formula is C16H21NO3. The van der Waals surface area contributed by atoms with E-state index in [0.29, 0.717) is 11.5 Å². The van der Waals surface area contributed by atoms with Gasteiger partial charge >= 0.3 is 5.97 Å². The van der Waals surface area contributed by atoms with Crippen LogP contribution in [0.15, 0.2) is 24.3 Å². The monoisotopic (exact) mass is 275 g/mol. The summed E-state index contributed by atoms with van der Waals surface area (Å²) in [5, 5.41) is 2.62.